The maximum Gasteiger partial charge on any atom is 0.308 e. The standard InChI is InChI=1S/C21H24N2O3/c1-14-7-4-5-10-17(14)18-12-23(13-19(18)21(25)26)20(24)15-8-6-9-16(11-15)22(2)3/h4-11,18-19H,12-13H2,1-3H3,(H,25,26)/t18-,19+/m0/s1. The molecule has 136 valence electrons. The summed E-state index contributed by atoms with van der Waals surface area (Å²) in [6, 6.07) is 15.2. The van der Waals surface area contributed by atoms with Gasteiger partial charge >= 0.3 is 5.97 Å². The average molecular weight is 352 g/mol. The van der Waals surface area contributed by atoms with Crippen molar-refractivity contribution in [3.05, 3.63) is 65.2 Å². The van der Waals surface area contributed by atoms with Crippen molar-refractivity contribution >= 4 is 17.6 Å². The lowest BCUT2D eigenvalue weighted by atomic mass is 9.86. The van der Waals surface area contributed by atoms with E-state index < -0.39 is 11.9 Å². The van der Waals surface area contributed by atoms with Crippen molar-refractivity contribution in [2.75, 3.05) is 32.1 Å². The van der Waals surface area contributed by atoms with Gasteiger partial charge in [-0.3, -0.25) is 9.59 Å². The van der Waals surface area contributed by atoms with Crippen LogP contribution in [0.4, 0.5) is 5.69 Å². The Balaban J connectivity index is 1.88. The van der Waals surface area contributed by atoms with Crippen molar-refractivity contribution in [1.29, 1.82) is 0 Å². The molecule has 0 saturated carbocycles. The second-order valence-corrected chi connectivity index (χ2v) is 7.06. The van der Waals surface area contributed by atoms with Gasteiger partial charge < -0.3 is 14.9 Å². The first-order valence-electron chi connectivity index (χ1n) is 8.73. The number of hydrogen-bond acceptors (Lipinski definition) is 3. The van der Waals surface area contributed by atoms with E-state index in [1.165, 1.54) is 0 Å². The van der Waals surface area contributed by atoms with Gasteiger partial charge in [0.1, 0.15) is 0 Å². The zero-order valence-electron chi connectivity index (χ0n) is 15.3. The Morgan fingerprint density at radius 2 is 1.81 bits per heavy atom. The largest absolute Gasteiger partial charge is 0.481 e. The first-order chi connectivity index (χ1) is 12.4. The summed E-state index contributed by atoms with van der Waals surface area (Å²) in [5.74, 6) is -1.74. The lowest BCUT2D eigenvalue weighted by Gasteiger charge is -2.19. The molecule has 1 heterocycles. The number of carboxylic acid groups (broad SMARTS) is 1. The number of rotatable bonds is 4. The van der Waals surface area contributed by atoms with Crippen molar-refractivity contribution in [2.45, 2.75) is 12.8 Å². The highest BCUT2D eigenvalue weighted by molar-refractivity contribution is 5.96. The molecule has 1 aliphatic rings. The normalized spacial score (nSPS) is 19.4. The molecule has 0 unspecified atom stereocenters. The quantitative estimate of drug-likeness (QED) is 0.919. The Kier molecular flexibility index (Phi) is 4.98. The molecule has 0 bridgehead atoms. The Hall–Kier alpha value is -2.82. The summed E-state index contributed by atoms with van der Waals surface area (Å²) in [6.45, 7) is 2.64. The summed E-state index contributed by atoms with van der Waals surface area (Å²) in [4.78, 5) is 28.4. The smallest absolute Gasteiger partial charge is 0.308 e. The van der Waals surface area contributed by atoms with E-state index in [4.69, 9.17) is 0 Å². The van der Waals surface area contributed by atoms with Gasteiger partial charge in [-0.05, 0) is 36.2 Å². The van der Waals surface area contributed by atoms with Crippen LogP contribution in [0.25, 0.3) is 0 Å². The van der Waals surface area contributed by atoms with Crippen molar-refractivity contribution < 1.29 is 14.7 Å². The summed E-state index contributed by atoms with van der Waals surface area (Å²) in [7, 11) is 3.85. The predicted octanol–water partition coefficient (Wildman–Crippen LogP) is 3.00. The summed E-state index contributed by atoms with van der Waals surface area (Å²) in [5, 5.41) is 9.68. The predicted molar refractivity (Wildman–Crippen MR) is 102 cm³/mol. The number of aliphatic carboxylic acids is 1. The average Bonchev–Trinajstić information content (AvgIpc) is 3.07. The summed E-state index contributed by atoms with van der Waals surface area (Å²) < 4.78 is 0. The van der Waals surface area contributed by atoms with E-state index in [2.05, 4.69) is 0 Å². The number of carbonyl (C=O) groups is 2. The summed E-state index contributed by atoms with van der Waals surface area (Å²) in [5.41, 5.74) is 3.61. The molecule has 5 nitrogen and oxygen atoms in total. The van der Waals surface area contributed by atoms with Gasteiger partial charge in [0.15, 0.2) is 0 Å². The van der Waals surface area contributed by atoms with Crippen molar-refractivity contribution in [2.24, 2.45) is 5.92 Å². The number of hydrogen-bond donors (Lipinski definition) is 1. The number of carboxylic acids is 1. The zero-order chi connectivity index (χ0) is 18.8. The van der Waals surface area contributed by atoms with E-state index in [9.17, 15) is 14.7 Å². The fourth-order valence-electron chi connectivity index (χ4n) is 3.64. The van der Waals surface area contributed by atoms with Crippen LogP contribution in [0.15, 0.2) is 48.5 Å². The molecule has 1 aliphatic heterocycles. The van der Waals surface area contributed by atoms with E-state index in [1.54, 1.807) is 11.0 Å². The number of carbonyl (C=O) groups excluding carboxylic acids is 1. The van der Waals surface area contributed by atoms with Gasteiger partial charge in [-0.2, -0.15) is 0 Å². The van der Waals surface area contributed by atoms with Crippen LogP contribution in [-0.2, 0) is 4.79 Å². The fraction of sp³-hybridized carbons (Fsp3) is 0.333. The summed E-state index contributed by atoms with van der Waals surface area (Å²) >= 11 is 0. The molecule has 0 aromatic heterocycles. The third kappa shape index (κ3) is 3.43. The molecule has 0 aliphatic carbocycles. The van der Waals surface area contributed by atoms with Crippen molar-refractivity contribution in [3.63, 3.8) is 0 Å². The Bertz CT molecular complexity index is 832. The van der Waals surface area contributed by atoms with Gasteiger partial charge in [-0.25, -0.2) is 0 Å². The molecule has 1 N–H and O–H groups in total. The first kappa shape index (κ1) is 18.0. The SMILES string of the molecule is Cc1ccccc1[C@@H]1CN(C(=O)c2cccc(N(C)C)c2)C[C@H]1C(=O)O. The number of benzene rings is 2. The minimum atomic E-state index is -0.851. The van der Waals surface area contributed by atoms with Crippen LogP contribution in [0.2, 0.25) is 0 Å². The third-order valence-corrected chi connectivity index (χ3v) is 5.12. The highest BCUT2D eigenvalue weighted by atomic mass is 16.4. The van der Waals surface area contributed by atoms with Crippen LogP contribution < -0.4 is 4.90 Å². The summed E-state index contributed by atoms with van der Waals surface area (Å²) in [6.07, 6.45) is 0. The van der Waals surface area contributed by atoms with Gasteiger partial charge in [-0.1, -0.05) is 30.3 Å². The van der Waals surface area contributed by atoms with E-state index in [1.807, 2.05) is 68.4 Å². The van der Waals surface area contributed by atoms with Gasteiger partial charge in [0.05, 0.1) is 5.92 Å². The van der Waals surface area contributed by atoms with Crippen LogP contribution in [0.3, 0.4) is 0 Å². The molecule has 2 aromatic carbocycles. The lowest BCUT2D eigenvalue weighted by molar-refractivity contribution is -0.141. The molecular weight excluding hydrogens is 328 g/mol. The molecule has 1 saturated heterocycles. The fourth-order valence-corrected chi connectivity index (χ4v) is 3.64. The van der Waals surface area contributed by atoms with E-state index >= 15 is 0 Å². The lowest BCUT2D eigenvalue weighted by Crippen LogP contribution is -2.30. The topological polar surface area (TPSA) is 60.9 Å². The van der Waals surface area contributed by atoms with Crippen LogP contribution in [0.5, 0.6) is 0 Å². The second kappa shape index (κ2) is 7.20. The molecule has 5 heteroatoms. The number of anilines is 1. The van der Waals surface area contributed by atoms with Gasteiger partial charge in [0, 0.05) is 44.4 Å². The van der Waals surface area contributed by atoms with E-state index in [0.717, 1.165) is 16.8 Å². The molecule has 0 spiro atoms. The molecular formula is C21H24N2O3. The Labute approximate surface area is 153 Å². The number of amides is 1. The minimum Gasteiger partial charge on any atom is -0.481 e. The third-order valence-electron chi connectivity index (χ3n) is 5.12. The maximum absolute atomic E-state index is 13.0. The van der Waals surface area contributed by atoms with Gasteiger partial charge in [0.25, 0.3) is 5.91 Å². The molecule has 3 rings (SSSR count). The molecule has 2 atom stereocenters. The van der Waals surface area contributed by atoms with Gasteiger partial charge in [0.2, 0.25) is 0 Å². The Morgan fingerprint density at radius 1 is 1.08 bits per heavy atom. The van der Waals surface area contributed by atoms with Crippen LogP contribution >= 0.6 is 0 Å². The maximum atomic E-state index is 13.0. The Morgan fingerprint density at radius 3 is 2.46 bits per heavy atom. The molecule has 26 heavy (non-hydrogen) atoms. The first-order valence-corrected chi connectivity index (χ1v) is 8.73. The number of aryl methyl sites for hydroxylation is 1. The number of likely N-dealkylation sites (tertiary alicyclic amines) is 1. The van der Waals surface area contributed by atoms with Crippen LogP contribution in [0.1, 0.15) is 27.4 Å². The van der Waals surface area contributed by atoms with E-state index in [0.29, 0.717) is 12.1 Å². The molecule has 0 radical (unpaired) electrons. The van der Waals surface area contributed by atoms with Crippen molar-refractivity contribution in [3.8, 4) is 0 Å². The molecule has 1 amide bonds. The minimum absolute atomic E-state index is 0.115. The van der Waals surface area contributed by atoms with Crippen LogP contribution in [0, 0.1) is 12.8 Å². The monoisotopic (exact) mass is 352 g/mol. The highest BCUT2D eigenvalue weighted by Crippen LogP contribution is 2.35. The van der Waals surface area contributed by atoms with Crippen LogP contribution in [-0.4, -0.2) is 49.1 Å². The second-order valence-electron chi connectivity index (χ2n) is 7.06. The highest BCUT2D eigenvalue weighted by Gasteiger charge is 2.41. The van der Waals surface area contributed by atoms with Crippen molar-refractivity contribution in [1.82, 2.24) is 4.90 Å². The molecule has 2 aromatic rings. The zero-order valence-corrected chi connectivity index (χ0v) is 15.3. The molecule has 1 fully saturated rings. The number of nitrogens with zero attached hydrogens (tertiary/aromatic N) is 2. The van der Waals surface area contributed by atoms with Gasteiger partial charge in [-0.15, -0.1) is 0 Å². The van der Waals surface area contributed by atoms with E-state index in [-0.39, 0.29) is 18.4 Å².